The van der Waals surface area contributed by atoms with E-state index in [4.69, 9.17) is 18.9 Å². The Morgan fingerprint density at radius 1 is 0.139 bits per heavy atom. The van der Waals surface area contributed by atoms with Crippen LogP contribution in [0.15, 0.2) is 461 Å². The molecule has 0 atom stereocenters. The Labute approximate surface area is 832 Å². The van der Waals surface area contributed by atoms with E-state index in [1.165, 1.54) is 54.8 Å². The van der Waals surface area contributed by atoms with Gasteiger partial charge in [0, 0.05) is 135 Å². The Balaban J connectivity index is 0.000000127. The van der Waals surface area contributed by atoms with Crippen molar-refractivity contribution in [2.45, 2.75) is 0 Å². The molecule has 22 aromatic carbocycles. The highest BCUT2D eigenvalue weighted by Gasteiger charge is 2.61. The van der Waals surface area contributed by atoms with Crippen LogP contribution in [-0.4, -0.2) is 26.9 Å². The van der Waals surface area contributed by atoms with Crippen molar-refractivity contribution in [3.05, 3.63) is 461 Å². The molecular formula is C128H76B4N8O4. The lowest BCUT2D eigenvalue weighted by atomic mass is 9.29. The molecule has 0 spiro atoms. The van der Waals surface area contributed by atoms with Gasteiger partial charge in [-0.05, 0) is 259 Å². The fourth-order valence-corrected chi connectivity index (χ4v) is 26.4. The fraction of sp³-hybridized carbons (Fsp3) is 0. The van der Waals surface area contributed by atoms with Crippen LogP contribution in [0.5, 0.6) is 46.0 Å². The molecule has 0 bridgehead atoms. The minimum Gasteiger partial charge on any atom is -0.456 e. The van der Waals surface area contributed by atoms with Crippen LogP contribution in [0.3, 0.4) is 0 Å². The third-order valence-electron chi connectivity index (χ3n) is 31.8. The number of nitrogens with zero attached hydrogens (tertiary/aromatic N) is 8. The number of anilines is 24. The molecule has 0 saturated carbocycles. The number of benzene rings is 22. The summed E-state index contributed by atoms with van der Waals surface area (Å²) in [6.45, 7) is -0.803. The number of hydrogen-bond donors (Lipinski definition) is 0. The molecule has 12 nitrogen and oxygen atoms in total. The van der Waals surface area contributed by atoms with Gasteiger partial charge in [-0.25, -0.2) is 0 Å². The van der Waals surface area contributed by atoms with Gasteiger partial charge in [-0.15, -0.1) is 0 Å². The molecule has 144 heavy (non-hydrogen) atoms. The lowest BCUT2D eigenvalue weighted by Gasteiger charge is -2.51. The second-order valence-corrected chi connectivity index (χ2v) is 39.0. The van der Waals surface area contributed by atoms with Crippen molar-refractivity contribution in [3.63, 3.8) is 0 Å². The van der Waals surface area contributed by atoms with E-state index < -0.39 is 0 Å². The molecule has 16 heteroatoms. The summed E-state index contributed by atoms with van der Waals surface area (Å²) in [4.78, 5) is 19.9. The SMILES string of the molecule is c1ccc(-c2cc3c4c(c2)N(c2ccccc2)c2cc(-c5ccccc5)cc5c2B4c2c(c4c6c(c2N5c2ccccc2)Oc2cccc5c2B6c2c(cccc2N4c2ccccc2)N5c2ccccc2)O3)cc1.c1ccc(N2c3cc4ccccc4c4c3B3c5c(cccc5N4c4ccccc4)Oc4c3c2c2c3c4N(c4ccccc4)c4cc5ccccc5c5c4B3c3c(cccc3N5c3ccccc3)O2)cc1. The number of rotatable bonds is 10. The molecule has 0 N–H and O–H groups in total. The molecule has 0 aliphatic carbocycles. The highest BCUT2D eigenvalue weighted by molar-refractivity contribution is 7.06. The lowest BCUT2D eigenvalue weighted by molar-refractivity contribution is 0.477. The van der Waals surface area contributed by atoms with Gasteiger partial charge in [0.05, 0.1) is 34.1 Å². The summed E-state index contributed by atoms with van der Waals surface area (Å²) < 4.78 is 31.4. The maximum absolute atomic E-state index is 7.97. The zero-order valence-corrected chi connectivity index (χ0v) is 77.4. The van der Waals surface area contributed by atoms with Gasteiger partial charge in [0.15, 0.2) is 0 Å². The zero-order valence-electron chi connectivity index (χ0n) is 77.4. The Morgan fingerprint density at radius 3 is 0.715 bits per heavy atom. The van der Waals surface area contributed by atoms with Crippen molar-refractivity contribution in [2.24, 2.45) is 0 Å². The van der Waals surface area contributed by atoms with Crippen molar-refractivity contribution in [2.75, 3.05) is 39.2 Å². The van der Waals surface area contributed by atoms with Gasteiger partial charge < -0.3 is 58.1 Å². The number of hydrogen-bond acceptors (Lipinski definition) is 12. The first-order valence-corrected chi connectivity index (χ1v) is 49.7. The van der Waals surface area contributed by atoms with Crippen LogP contribution in [0.1, 0.15) is 0 Å². The molecule has 0 radical (unpaired) electrons. The molecule has 0 amide bonds. The van der Waals surface area contributed by atoms with E-state index in [1.54, 1.807) is 0 Å². The third kappa shape index (κ3) is 10.5. The maximum Gasteiger partial charge on any atom is 0.262 e. The quantitative estimate of drug-likeness (QED) is 0.123. The molecule has 12 aliphatic heterocycles. The van der Waals surface area contributed by atoms with E-state index in [9.17, 15) is 0 Å². The maximum atomic E-state index is 7.97. The zero-order chi connectivity index (χ0) is 93.5. The summed E-state index contributed by atoms with van der Waals surface area (Å²) in [5.74, 6) is 6.87. The van der Waals surface area contributed by atoms with E-state index in [2.05, 4.69) is 500 Å². The average Bonchev–Trinajstić information content (AvgIpc) is 0.655. The monoisotopic (exact) mass is 1830 g/mol. The van der Waals surface area contributed by atoms with Crippen LogP contribution in [0.4, 0.5) is 136 Å². The predicted octanol–water partition coefficient (Wildman–Crippen LogP) is 25.8. The Kier molecular flexibility index (Phi) is 16.0. The highest BCUT2D eigenvalue weighted by atomic mass is 16.5. The largest absolute Gasteiger partial charge is 0.456 e. The normalized spacial score (nSPS) is 14.2. The van der Waals surface area contributed by atoms with Crippen LogP contribution in [0, 0.1) is 0 Å². The molecule has 22 aromatic rings. The van der Waals surface area contributed by atoms with Gasteiger partial charge in [-0.2, -0.15) is 0 Å². The topological polar surface area (TPSA) is 62.8 Å². The van der Waals surface area contributed by atoms with E-state index >= 15 is 0 Å². The van der Waals surface area contributed by atoms with E-state index in [1.807, 2.05) is 0 Å². The molecule has 664 valence electrons. The van der Waals surface area contributed by atoms with E-state index in [-0.39, 0.29) is 26.9 Å². The van der Waals surface area contributed by atoms with Crippen molar-refractivity contribution in [3.8, 4) is 68.2 Å². The molecule has 0 fully saturated rings. The minimum absolute atomic E-state index is 0.186. The number of ether oxygens (including phenoxy) is 4. The van der Waals surface area contributed by atoms with Gasteiger partial charge in [0.25, 0.3) is 26.9 Å². The van der Waals surface area contributed by atoms with Gasteiger partial charge in [-0.1, -0.05) is 279 Å². The first-order chi connectivity index (χ1) is 71.6. The van der Waals surface area contributed by atoms with Crippen molar-refractivity contribution in [1.29, 1.82) is 0 Å². The minimum atomic E-state index is -0.235. The summed E-state index contributed by atoms with van der Waals surface area (Å²) in [6.07, 6.45) is 0. The number of para-hydroxylation sites is 8. The Hall–Kier alpha value is -18.8. The van der Waals surface area contributed by atoms with Gasteiger partial charge in [0.1, 0.15) is 46.0 Å². The molecule has 0 unspecified atom stereocenters. The van der Waals surface area contributed by atoms with Gasteiger partial charge >= 0.3 is 0 Å². The fourth-order valence-electron chi connectivity index (χ4n) is 26.4. The van der Waals surface area contributed by atoms with Crippen LogP contribution >= 0.6 is 0 Å². The summed E-state index contributed by atoms with van der Waals surface area (Å²) in [5, 5.41) is 4.74. The van der Waals surface area contributed by atoms with Crippen LogP contribution in [0.25, 0.3) is 43.8 Å². The van der Waals surface area contributed by atoms with E-state index in [0.717, 1.165) is 237 Å². The average molecular weight is 1830 g/mol. The van der Waals surface area contributed by atoms with Crippen molar-refractivity contribution < 1.29 is 18.9 Å². The standard InChI is InChI=1S/C66H40B2N4O2.C62H36B2N4O2/c1-7-21-41(22-8-1)43-37-52-58-53(38-43)72(48-31-17-6-18-32-48)64-62-66(74-56-40-44(42-23-9-2-10-24-42)39-54(60(56)68(58)62)70(52)46-27-13-4-14-28-46)63-61-65(64)73-55-36-20-35-51-59(55)67(61)57-49(69(51)45-25-11-3-12-26-45)33-19-34-50(57)71(63)47-29-15-5-16-30-47;1-5-21-39(22-6-1)65-45-31-17-33-49-51(45)63-53-47(35-37-19-13-15-29-43(37)57(53)65)67(41-25-9-3-10-26-41)59-55(63)61(69-49)60-56-62(59)70-50-34-18-32-46-52(50)64(56)54-48(68(60)42-27-11-4-12-28-42)36-38-20-14-16-30-44(38)58(54)66(46)40-23-7-2-8-24-40/h1-40H;1-36H. The second-order valence-electron chi connectivity index (χ2n) is 39.0. The van der Waals surface area contributed by atoms with Crippen LogP contribution in [-0.2, 0) is 0 Å². The van der Waals surface area contributed by atoms with E-state index in [0.29, 0.717) is 0 Å². The van der Waals surface area contributed by atoms with Crippen molar-refractivity contribution >= 4 is 250 Å². The summed E-state index contributed by atoms with van der Waals surface area (Å²) in [5.41, 5.74) is 44.7. The summed E-state index contributed by atoms with van der Waals surface area (Å²) in [6, 6.07) is 167. The molecule has 0 saturated heterocycles. The van der Waals surface area contributed by atoms with Crippen LogP contribution in [0.2, 0.25) is 0 Å². The molecule has 0 aromatic heterocycles. The molecule has 12 aliphatic rings. The van der Waals surface area contributed by atoms with Gasteiger partial charge in [-0.3, -0.25) is 0 Å². The van der Waals surface area contributed by atoms with Crippen molar-refractivity contribution in [1.82, 2.24) is 0 Å². The third-order valence-corrected chi connectivity index (χ3v) is 31.8. The first-order valence-electron chi connectivity index (χ1n) is 49.7. The Morgan fingerprint density at radius 2 is 0.361 bits per heavy atom. The first kappa shape index (κ1) is 78.2. The summed E-state index contributed by atoms with van der Waals surface area (Å²) in [7, 11) is 0. The second kappa shape index (κ2) is 29.4. The highest BCUT2D eigenvalue weighted by Crippen LogP contribution is 2.64. The lowest BCUT2D eigenvalue weighted by Crippen LogP contribution is -2.67. The summed E-state index contributed by atoms with van der Waals surface area (Å²) >= 11 is 0. The molecule has 34 rings (SSSR count). The van der Waals surface area contributed by atoms with Crippen LogP contribution < -0.4 is 124 Å². The predicted molar refractivity (Wildman–Crippen MR) is 595 cm³/mol. The number of fused-ring (bicyclic) bond motifs is 8. The Bertz CT molecular complexity index is 9090. The molecular weight excluding hydrogens is 1760 g/mol. The molecule has 12 heterocycles. The smallest absolute Gasteiger partial charge is 0.262 e. The van der Waals surface area contributed by atoms with Gasteiger partial charge in [0.2, 0.25) is 0 Å².